The number of amides is 3. The third-order valence-electron chi connectivity index (χ3n) is 5.05. The van der Waals surface area contributed by atoms with Gasteiger partial charge in [-0.3, -0.25) is 14.4 Å². The molecule has 0 aliphatic rings. The van der Waals surface area contributed by atoms with Crippen LogP contribution in [0.25, 0.3) is 0 Å². The highest BCUT2D eigenvalue weighted by molar-refractivity contribution is 6.35. The first-order valence-corrected chi connectivity index (χ1v) is 11.1. The fraction of sp³-hybridized carbons (Fsp3) is 0.185. The van der Waals surface area contributed by atoms with Crippen LogP contribution in [0.2, 0.25) is 0 Å². The molecule has 0 aromatic heterocycles. The SMILES string of the molecule is Cc1cc(C)c(NC(=O)COc2cccc(/C=N/NC(=O)C(=O)NCc3ccccc3)c2)c(C)c1. The molecule has 0 fully saturated rings. The van der Waals surface area contributed by atoms with Gasteiger partial charge in [0, 0.05) is 12.2 Å². The maximum Gasteiger partial charge on any atom is 0.329 e. The lowest BCUT2D eigenvalue weighted by Gasteiger charge is -2.13. The van der Waals surface area contributed by atoms with Gasteiger partial charge in [-0.2, -0.15) is 5.10 Å². The molecule has 3 amide bonds. The van der Waals surface area contributed by atoms with E-state index in [1.807, 2.05) is 63.2 Å². The number of aryl methyl sites for hydroxylation is 3. The molecular formula is C27H28N4O4. The van der Waals surface area contributed by atoms with Crippen LogP contribution in [-0.2, 0) is 20.9 Å². The van der Waals surface area contributed by atoms with Crippen LogP contribution >= 0.6 is 0 Å². The molecule has 180 valence electrons. The van der Waals surface area contributed by atoms with Gasteiger partial charge in [0.2, 0.25) is 0 Å². The Labute approximate surface area is 204 Å². The average molecular weight is 473 g/mol. The predicted octanol–water partition coefficient (Wildman–Crippen LogP) is 3.40. The fourth-order valence-electron chi connectivity index (χ4n) is 3.46. The Morgan fingerprint density at radius 3 is 2.31 bits per heavy atom. The van der Waals surface area contributed by atoms with E-state index < -0.39 is 11.8 Å². The zero-order chi connectivity index (χ0) is 25.2. The van der Waals surface area contributed by atoms with Crippen molar-refractivity contribution in [2.24, 2.45) is 5.10 Å². The number of anilines is 1. The van der Waals surface area contributed by atoms with Crippen LogP contribution in [0.4, 0.5) is 5.69 Å². The molecule has 0 heterocycles. The molecule has 3 N–H and O–H groups in total. The van der Waals surface area contributed by atoms with Crippen molar-refractivity contribution in [2.75, 3.05) is 11.9 Å². The molecule has 8 heteroatoms. The van der Waals surface area contributed by atoms with Gasteiger partial charge in [0.1, 0.15) is 5.75 Å². The fourth-order valence-corrected chi connectivity index (χ4v) is 3.46. The molecule has 3 aromatic carbocycles. The summed E-state index contributed by atoms with van der Waals surface area (Å²) in [4.78, 5) is 36.2. The number of hydrogen-bond donors (Lipinski definition) is 3. The van der Waals surface area contributed by atoms with Gasteiger partial charge in [0.25, 0.3) is 5.91 Å². The van der Waals surface area contributed by atoms with Gasteiger partial charge in [-0.05, 0) is 55.2 Å². The monoisotopic (exact) mass is 472 g/mol. The maximum absolute atomic E-state index is 12.4. The Bertz CT molecular complexity index is 1220. The normalized spacial score (nSPS) is 10.6. The van der Waals surface area contributed by atoms with Crippen LogP contribution in [0.15, 0.2) is 71.8 Å². The minimum absolute atomic E-state index is 0.161. The van der Waals surface area contributed by atoms with Crippen LogP contribution < -0.4 is 20.8 Å². The number of hydrogen-bond acceptors (Lipinski definition) is 5. The summed E-state index contributed by atoms with van der Waals surface area (Å²) < 4.78 is 5.60. The highest BCUT2D eigenvalue weighted by Gasteiger charge is 2.12. The molecule has 3 rings (SSSR count). The Balaban J connectivity index is 1.47. The van der Waals surface area contributed by atoms with Crippen molar-refractivity contribution in [3.05, 3.63) is 94.5 Å². The lowest BCUT2D eigenvalue weighted by molar-refractivity contribution is -0.139. The van der Waals surface area contributed by atoms with Crippen molar-refractivity contribution in [2.45, 2.75) is 27.3 Å². The molecular weight excluding hydrogens is 444 g/mol. The van der Waals surface area contributed by atoms with E-state index in [0.29, 0.717) is 11.3 Å². The minimum atomic E-state index is -0.872. The first kappa shape index (κ1) is 25.2. The summed E-state index contributed by atoms with van der Waals surface area (Å²) in [6, 6.07) is 20.1. The summed E-state index contributed by atoms with van der Waals surface area (Å²) >= 11 is 0. The summed E-state index contributed by atoms with van der Waals surface area (Å²) in [6.07, 6.45) is 1.38. The number of nitrogens with one attached hydrogen (secondary N) is 3. The van der Waals surface area contributed by atoms with Crippen molar-refractivity contribution in [3.8, 4) is 5.75 Å². The van der Waals surface area contributed by atoms with E-state index in [0.717, 1.165) is 27.9 Å². The van der Waals surface area contributed by atoms with Gasteiger partial charge >= 0.3 is 11.8 Å². The van der Waals surface area contributed by atoms with E-state index >= 15 is 0 Å². The number of carbonyl (C=O) groups is 3. The summed E-state index contributed by atoms with van der Waals surface area (Å²) in [5, 5.41) is 9.24. The smallest absolute Gasteiger partial charge is 0.329 e. The number of benzene rings is 3. The number of carbonyl (C=O) groups excluding carboxylic acids is 3. The molecule has 0 saturated heterocycles. The highest BCUT2D eigenvalue weighted by atomic mass is 16.5. The van der Waals surface area contributed by atoms with Crippen LogP contribution in [0.3, 0.4) is 0 Å². The highest BCUT2D eigenvalue weighted by Crippen LogP contribution is 2.22. The Hall–Kier alpha value is -4.46. The van der Waals surface area contributed by atoms with E-state index in [2.05, 4.69) is 21.2 Å². The van der Waals surface area contributed by atoms with Gasteiger partial charge in [0.15, 0.2) is 6.61 Å². The van der Waals surface area contributed by atoms with Crippen molar-refractivity contribution in [1.82, 2.24) is 10.7 Å². The molecule has 0 aliphatic heterocycles. The maximum atomic E-state index is 12.4. The van der Waals surface area contributed by atoms with Crippen LogP contribution in [0, 0.1) is 20.8 Å². The minimum Gasteiger partial charge on any atom is -0.484 e. The molecule has 8 nitrogen and oxygen atoms in total. The topological polar surface area (TPSA) is 109 Å². The van der Waals surface area contributed by atoms with Crippen molar-refractivity contribution in [1.29, 1.82) is 0 Å². The molecule has 0 aliphatic carbocycles. The lowest BCUT2D eigenvalue weighted by Crippen LogP contribution is -2.37. The molecule has 0 spiro atoms. The van der Waals surface area contributed by atoms with Crippen molar-refractivity contribution >= 4 is 29.6 Å². The molecule has 0 unspecified atom stereocenters. The van der Waals surface area contributed by atoms with Gasteiger partial charge in [-0.15, -0.1) is 0 Å². The molecule has 0 radical (unpaired) electrons. The first-order valence-electron chi connectivity index (χ1n) is 11.1. The predicted molar refractivity (Wildman–Crippen MR) is 135 cm³/mol. The summed E-state index contributed by atoms with van der Waals surface area (Å²) in [5.41, 5.74) is 7.60. The Morgan fingerprint density at radius 2 is 1.60 bits per heavy atom. The van der Waals surface area contributed by atoms with E-state index in [-0.39, 0.29) is 19.1 Å². The van der Waals surface area contributed by atoms with E-state index in [9.17, 15) is 14.4 Å². The number of ether oxygens (including phenoxy) is 1. The van der Waals surface area contributed by atoms with Crippen LogP contribution in [0.1, 0.15) is 27.8 Å². The summed E-state index contributed by atoms with van der Waals surface area (Å²) in [5.74, 6) is -1.46. The number of rotatable bonds is 8. The largest absolute Gasteiger partial charge is 0.484 e. The average Bonchev–Trinajstić information content (AvgIpc) is 2.84. The second-order valence-electron chi connectivity index (χ2n) is 8.05. The molecule has 0 bridgehead atoms. The second-order valence-corrected chi connectivity index (χ2v) is 8.05. The number of nitrogens with zero attached hydrogens (tertiary/aromatic N) is 1. The second kappa shape index (κ2) is 12.1. The standard InChI is InChI=1S/C27H28N4O4/c1-18-12-19(2)25(20(3)13-18)30-24(32)17-35-23-11-7-10-22(14-23)16-29-31-27(34)26(33)28-15-21-8-5-4-6-9-21/h4-14,16H,15,17H2,1-3H3,(H,28,33)(H,30,32)(H,31,34)/b29-16+. The third-order valence-corrected chi connectivity index (χ3v) is 5.05. The van der Waals surface area contributed by atoms with Gasteiger partial charge in [-0.1, -0.05) is 60.2 Å². The van der Waals surface area contributed by atoms with Gasteiger partial charge in [-0.25, -0.2) is 5.43 Å². The molecule has 0 atom stereocenters. The molecule has 0 saturated carbocycles. The van der Waals surface area contributed by atoms with Crippen molar-refractivity contribution < 1.29 is 19.1 Å². The van der Waals surface area contributed by atoms with E-state index in [1.54, 1.807) is 24.3 Å². The first-order chi connectivity index (χ1) is 16.8. The van der Waals surface area contributed by atoms with Gasteiger partial charge in [0.05, 0.1) is 6.21 Å². The Morgan fingerprint density at radius 1 is 0.886 bits per heavy atom. The zero-order valence-electron chi connectivity index (χ0n) is 19.9. The van der Waals surface area contributed by atoms with Crippen molar-refractivity contribution in [3.63, 3.8) is 0 Å². The molecule has 3 aromatic rings. The summed E-state index contributed by atoms with van der Waals surface area (Å²) in [7, 11) is 0. The van der Waals surface area contributed by atoms with E-state index in [4.69, 9.17) is 4.74 Å². The Kier molecular flexibility index (Phi) is 8.72. The third kappa shape index (κ3) is 7.82. The van der Waals surface area contributed by atoms with Crippen LogP contribution in [0.5, 0.6) is 5.75 Å². The zero-order valence-corrected chi connectivity index (χ0v) is 19.9. The van der Waals surface area contributed by atoms with Gasteiger partial charge < -0.3 is 15.4 Å². The quantitative estimate of drug-likeness (QED) is 0.265. The van der Waals surface area contributed by atoms with Crippen LogP contribution in [-0.4, -0.2) is 30.5 Å². The molecule has 35 heavy (non-hydrogen) atoms. The summed E-state index contributed by atoms with van der Waals surface area (Å²) in [6.45, 7) is 5.99. The lowest BCUT2D eigenvalue weighted by atomic mass is 10.1. The number of hydrazone groups is 1. The van der Waals surface area contributed by atoms with E-state index in [1.165, 1.54) is 6.21 Å².